The van der Waals surface area contributed by atoms with Crippen LogP contribution in [0.1, 0.15) is 34.8 Å². The van der Waals surface area contributed by atoms with Gasteiger partial charge in [-0.15, -0.1) is 5.10 Å². The van der Waals surface area contributed by atoms with E-state index in [1.54, 1.807) is 26.0 Å². The zero-order valence-electron chi connectivity index (χ0n) is 26.3. The van der Waals surface area contributed by atoms with Crippen LogP contribution in [0.3, 0.4) is 0 Å². The first kappa shape index (κ1) is 30.9. The van der Waals surface area contributed by atoms with Crippen LogP contribution in [-0.2, 0) is 37.4 Å². The van der Waals surface area contributed by atoms with Crippen LogP contribution in [0.4, 0.5) is 5.88 Å². The molecule has 1 aliphatic heterocycles. The molecule has 0 saturated carbocycles. The molecule has 1 atom stereocenters. The minimum absolute atomic E-state index is 0.0135. The van der Waals surface area contributed by atoms with Crippen LogP contribution in [0.2, 0.25) is 0 Å². The maximum absolute atomic E-state index is 14.5. The molecule has 0 aliphatic carbocycles. The summed E-state index contributed by atoms with van der Waals surface area (Å²) >= 11 is 0. The molecule has 5 rings (SSSR count). The Kier molecular flexibility index (Phi) is 9.69. The van der Waals surface area contributed by atoms with Crippen LogP contribution >= 0.6 is 0 Å². The number of benzene rings is 2. The molecule has 4 bridgehead atoms. The van der Waals surface area contributed by atoms with Crippen molar-refractivity contribution in [2.24, 2.45) is 0 Å². The highest BCUT2D eigenvalue weighted by atomic mass is 16.5. The van der Waals surface area contributed by atoms with Crippen LogP contribution in [0.15, 0.2) is 53.1 Å². The number of likely N-dealkylation sites (N-methyl/N-ethyl adjacent to an activating group) is 1. The predicted octanol–water partition coefficient (Wildman–Crippen LogP) is 3.71. The molecule has 0 fully saturated rings. The standard InChI is InChI=1S/C32H41N7O5/c1-22-32-37(3)19-25-20-39(35-34-25)15-14-38(18-23-10-8-7-9-11-23)31(40)26(36(2)21-29(33-22)44-32)13-12-24-16-27(41-4)30(43-6)28(17-24)42-5/h7-11,16-17,20,26H,12-15,18-19,21H2,1-6H3. The zero-order valence-corrected chi connectivity index (χ0v) is 26.3. The highest BCUT2D eigenvalue weighted by molar-refractivity contribution is 5.82. The molecule has 4 aromatic rings. The highest BCUT2D eigenvalue weighted by Gasteiger charge is 2.30. The minimum atomic E-state index is -0.470. The maximum atomic E-state index is 14.5. The highest BCUT2D eigenvalue weighted by Crippen LogP contribution is 2.38. The molecule has 234 valence electrons. The molecule has 2 aromatic heterocycles. The second kappa shape index (κ2) is 13.8. The van der Waals surface area contributed by atoms with Crippen LogP contribution in [0, 0.1) is 6.92 Å². The van der Waals surface area contributed by atoms with Crippen molar-refractivity contribution in [3.05, 3.63) is 77.1 Å². The second-order valence-electron chi connectivity index (χ2n) is 11.1. The van der Waals surface area contributed by atoms with Gasteiger partial charge in [0.2, 0.25) is 23.4 Å². The van der Waals surface area contributed by atoms with Gasteiger partial charge in [0.25, 0.3) is 0 Å². The van der Waals surface area contributed by atoms with Crippen LogP contribution < -0.4 is 19.1 Å². The number of aryl methyl sites for hydroxylation is 2. The van der Waals surface area contributed by atoms with Gasteiger partial charge < -0.3 is 28.4 Å². The fourth-order valence-corrected chi connectivity index (χ4v) is 5.64. The summed E-state index contributed by atoms with van der Waals surface area (Å²) in [6.07, 6.45) is 3.06. The molecule has 1 amide bonds. The summed E-state index contributed by atoms with van der Waals surface area (Å²) < 4.78 is 24.7. The van der Waals surface area contributed by atoms with Gasteiger partial charge in [0.15, 0.2) is 11.5 Å². The third kappa shape index (κ3) is 6.96. The van der Waals surface area contributed by atoms with Crippen molar-refractivity contribution in [2.75, 3.05) is 46.9 Å². The Labute approximate surface area is 258 Å². The van der Waals surface area contributed by atoms with Crippen molar-refractivity contribution in [3.8, 4) is 17.2 Å². The molecule has 1 unspecified atom stereocenters. The van der Waals surface area contributed by atoms with Gasteiger partial charge >= 0.3 is 0 Å². The van der Waals surface area contributed by atoms with E-state index in [4.69, 9.17) is 23.6 Å². The van der Waals surface area contributed by atoms with Crippen molar-refractivity contribution in [1.82, 2.24) is 29.8 Å². The lowest BCUT2D eigenvalue weighted by molar-refractivity contribution is -0.138. The van der Waals surface area contributed by atoms with E-state index in [9.17, 15) is 4.79 Å². The molecule has 0 radical (unpaired) electrons. The van der Waals surface area contributed by atoms with Gasteiger partial charge in [-0.1, -0.05) is 35.5 Å². The number of carbonyl (C=O) groups excluding carboxylic acids is 1. The fourth-order valence-electron chi connectivity index (χ4n) is 5.64. The van der Waals surface area contributed by atoms with Crippen molar-refractivity contribution in [2.45, 2.75) is 52.0 Å². The first-order valence-corrected chi connectivity index (χ1v) is 14.7. The van der Waals surface area contributed by atoms with Crippen molar-refractivity contribution in [1.29, 1.82) is 0 Å². The number of rotatable bonds is 8. The number of aromatic nitrogens is 4. The quantitative estimate of drug-likeness (QED) is 0.296. The Morgan fingerprint density at radius 3 is 2.36 bits per heavy atom. The van der Waals surface area contributed by atoms with Gasteiger partial charge in [0.05, 0.1) is 53.2 Å². The van der Waals surface area contributed by atoms with Crippen molar-refractivity contribution in [3.63, 3.8) is 0 Å². The lowest BCUT2D eigenvalue weighted by Gasteiger charge is -2.32. The number of methoxy groups -OCH3 is 3. The average molecular weight is 604 g/mol. The maximum Gasteiger partial charge on any atom is 0.240 e. The molecule has 12 heteroatoms. The van der Waals surface area contributed by atoms with E-state index in [1.807, 2.05) is 84.4 Å². The van der Waals surface area contributed by atoms with Crippen LogP contribution in [0.5, 0.6) is 17.2 Å². The number of hydrogen-bond donors (Lipinski definition) is 0. The number of amides is 1. The van der Waals surface area contributed by atoms with Gasteiger partial charge in [-0.3, -0.25) is 14.4 Å². The third-order valence-corrected chi connectivity index (χ3v) is 7.91. The Hall–Kier alpha value is -4.58. The second-order valence-corrected chi connectivity index (χ2v) is 11.1. The lowest BCUT2D eigenvalue weighted by atomic mass is 10.0. The van der Waals surface area contributed by atoms with Gasteiger partial charge in [0, 0.05) is 20.1 Å². The van der Waals surface area contributed by atoms with Crippen LogP contribution in [0.25, 0.3) is 0 Å². The van der Waals surface area contributed by atoms with Gasteiger partial charge in [0.1, 0.15) is 11.4 Å². The molecule has 1 aliphatic rings. The number of carbonyl (C=O) groups is 1. The molecule has 12 nitrogen and oxygen atoms in total. The average Bonchev–Trinajstić information content (AvgIpc) is 3.63. The first-order chi connectivity index (χ1) is 21.3. The normalized spacial score (nSPS) is 16.4. The van der Waals surface area contributed by atoms with Crippen molar-refractivity contribution < 1.29 is 23.4 Å². The lowest BCUT2D eigenvalue weighted by Crippen LogP contribution is -2.48. The summed E-state index contributed by atoms with van der Waals surface area (Å²) in [6.45, 7) is 4.28. The molecule has 0 N–H and O–H groups in total. The number of nitrogens with zero attached hydrogens (tertiary/aromatic N) is 7. The van der Waals surface area contributed by atoms with Gasteiger partial charge in [-0.2, -0.15) is 0 Å². The van der Waals surface area contributed by atoms with E-state index in [2.05, 4.69) is 10.3 Å². The Morgan fingerprint density at radius 1 is 0.955 bits per heavy atom. The fraction of sp³-hybridized carbons (Fsp3) is 0.438. The predicted molar refractivity (Wildman–Crippen MR) is 165 cm³/mol. The molecule has 0 saturated heterocycles. The van der Waals surface area contributed by atoms with E-state index in [-0.39, 0.29) is 5.91 Å². The summed E-state index contributed by atoms with van der Waals surface area (Å²) in [6, 6.07) is 13.4. The number of anilines is 1. The Balaban J connectivity index is 1.49. The number of ether oxygens (including phenoxy) is 3. The van der Waals surface area contributed by atoms with E-state index in [1.165, 1.54) is 0 Å². The summed E-state index contributed by atoms with van der Waals surface area (Å²) in [4.78, 5) is 25.1. The molecule has 0 spiro atoms. The minimum Gasteiger partial charge on any atom is -0.493 e. The van der Waals surface area contributed by atoms with E-state index in [0.29, 0.717) is 74.6 Å². The SMILES string of the molecule is COc1cc(CCC2C(=O)N(Cc3ccccc3)CCn3cc(nn3)CN(C)c3oc(nc3C)CN2C)cc(OC)c1OC. The summed E-state index contributed by atoms with van der Waals surface area (Å²) in [7, 11) is 8.68. The zero-order chi connectivity index (χ0) is 31.2. The number of fused-ring (bicyclic) bond motifs is 4. The van der Waals surface area contributed by atoms with E-state index < -0.39 is 6.04 Å². The largest absolute Gasteiger partial charge is 0.493 e. The summed E-state index contributed by atoms with van der Waals surface area (Å²) in [5.41, 5.74) is 3.61. The third-order valence-electron chi connectivity index (χ3n) is 7.91. The van der Waals surface area contributed by atoms with Gasteiger partial charge in [-0.25, -0.2) is 4.98 Å². The number of hydrogen-bond acceptors (Lipinski definition) is 10. The van der Waals surface area contributed by atoms with Gasteiger partial charge in [-0.05, 0) is 50.1 Å². The van der Waals surface area contributed by atoms with Crippen molar-refractivity contribution >= 4 is 11.8 Å². The Morgan fingerprint density at radius 2 is 1.68 bits per heavy atom. The molecule has 3 heterocycles. The van der Waals surface area contributed by atoms with E-state index >= 15 is 0 Å². The molecular formula is C32H41N7O5. The van der Waals surface area contributed by atoms with E-state index in [0.717, 1.165) is 22.5 Å². The monoisotopic (exact) mass is 603 g/mol. The molecule has 44 heavy (non-hydrogen) atoms. The smallest absolute Gasteiger partial charge is 0.240 e. The van der Waals surface area contributed by atoms with Crippen LogP contribution in [-0.4, -0.2) is 83.7 Å². The summed E-state index contributed by atoms with van der Waals surface area (Å²) in [5.74, 6) is 2.92. The first-order valence-electron chi connectivity index (χ1n) is 14.7. The molecular weight excluding hydrogens is 562 g/mol. The number of oxazole rings is 1. The Bertz CT molecular complexity index is 1530. The molecule has 2 aromatic carbocycles. The topological polar surface area (TPSA) is 111 Å². The summed E-state index contributed by atoms with van der Waals surface area (Å²) in [5, 5.41) is 8.69.